The van der Waals surface area contributed by atoms with Gasteiger partial charge in [0.25, 0.3) is 0 Å². The van der Waals surface area contributed by atoms with Crippen molar-refractivity contribution >= 4 is 49.1 Å². The lowest BCUT2D eigenvalue weighted by molar-refractivity contribution is 0.387. The van der Waals surface area contributed by atoms with Crippen molar-refractivity contribution in [2.75, 3.05) is 6.61 Å². The van der Waals surface area contributed by atoms with Crippen LogP contribution in [0.4, 0.5) is 11.4 Å². The molecule has 0 bridgehead atoms. The average molecular weight is 406 g/mol. The Kier molecular flexibility index (Phi) is 3.84. The van der Waals surface area contributed by atoms with Gasteiger partial charge in [0.05, 0.1) is 30.6 Å². The molecule has 0 N–H and O–H groups in total. The highest BCUT2D eigenvalue weighted by Crippen LogP contribution is 2.33. The number of nitrogens with zero attached hydrogens (tertiary/aromatic N) is 3. The third-order valence-corrected chi connectivity index (χ3v) is 5.18. The van der Waals surface area contributed by atoms with E-state index in [1.807, 2.05) is 30.3 Å². The number of benzene rings is 3. The number of azo groups is 1. The zero-order valence-electron chi connectivity index (χ0n) is 14.0. The van der Waals surface area contributed by atoms with Gasteiger partial charge in [-0.15, -0.1) is 0 Å². The number of hydrogen-bond acceptors (Lipinski definition) is 3. The number of hydrogen-bond donors (Lipinski definition) is 0. The van der Waals surface area contributed by atoms with Crippen molar-refractivity contribution in [2.45, 2.75) is 12.6 Å². The quantitative estimate of drug-likeness (QED) is 0.287. The minimum atomic E-state index is 0.339. The number of para-hydroxylation sites is 1. The maximum Gasteiger partial charge on any atom is 0.0988 e. The van der Waals surface area contributed by atoms with E-state index < -0.39 is 0 Å². The fourth-order valence-electron chi connectivity index (χ4n) is 3.30. The molecule has 1 saturated heterocycles. The average Bonchev–Trinajstić information content (AvgIpc) is 3.45. The minimum absolute atomic E-state index is 0.339. The molecule has 0 radical (unpaired) electrons. The van der Waals surface area contributed by atoms with Gasteiger partial charge in [0.2, 0.25) is 0 Å². The van der Waals surface area contributed by atoms with Gasteiger partial charge >= 0.3 is 0 Å². The second-order valence-electron chi connectivity index (χ2n) is 6.46. The highest BCUT2D eigenvalue weighted by molar-refractivity contribution is 9.10. The molecule has 4 aromatic rings. The third-order valence-electron chi connectivity index (χ3n) is 4.65. The summed E-state index contributed by atoms with van der Waals surface area (Å²) in [6.07, 6.45) is 0.339. The van der Waals surface area contributed by atoms with Crippen molar-refractivity contribution in [3.8, 4) is 0 Å². The molecular formula is C21H16BrN3O. The van der Waals surface area contributed by atoms with Crippen LogP contribution in [0.1, 0.15) is 0 Å². The van der Waals surface area contributed by atoms with Gasteiger partial charge in [0.1, 0.15) is 0 Å². The summed E-state index contributed by atoms with van der Waals surface area (Å²) < 4.78 is 8.82. The predicted molar refractivity (Wildman–Crippen MR) is 108 cm³/mol. The molecule has 1 unspecified atom stereocenters. The maximum atomic E-state index is 5.44. The van der Waals surface area contributed by atoms with Gasteiger partial charge in [0.15, 0.2) is 0 Å². The van der Waals surface area contributed by atoms with Crippen LogP contribution < -0.4 is 0 Å². The lowest BCUT2D eigenvalue weighted by Crippen LogP contribution is -2.03. The largest absolute Gasteiger partial charge is 0.371 e. The zero-order chi connectivity index (χ0) is 17.5. The first-order chi connectivity index (χ1) is 12.8. The Bertz CT molecular complexity index is 1130. The number of epoxide rings is 1. The summed E-state index contributed by atoms with van der Waals surface area (Å²) in [4.78, 5) is 0. The summed E-state index contributed by atoms with van der Waals surface area (Å²) in [6, 6.07) is 22.6. The second kappa shape index (κ2) is 6.34. The molecule has 1 aliphatic heterocycles. The smallest absolute Gasteiger partial charge is 0.0988 e. The molecule has 1 fully saturated rings. The zero-order valence-corrected chi connectivity index (χ0v) is 15.6. The van der Waals surface area contributed by atoms with Crippen molar-refractivity contribution in [3.63, 3.8) is 0 Å². The second-order valence-corrected chi connectivity index (χ2v) is 7.38. The van der Waals surface area contributed by atoms with E-state index in [1.165, 1.54) is 21.8 Å². The fourth-order valence-corrected chi connectivity index (χ4v) is 3.57. The van der Waals surface area contributed by atoms with Crippen LogP contribution in [0.25, 0.3) is 21.8 Å². The highest BCUT2D eigenvalue weighted by Gasteiger charge is 2.24. The molecule has 1 atom stereocenters. The monoisotopic (exact) mass is 405 g/mol. The van der Waals surface area contributed by atoms with E-state index >= 15 is 0 Å². The van der Waals surface area contributed by atoms with E-state index in [9.17, 15) is 0 Å². The molecular weight excluding hydrogens is 390 g/mol. The van der Waals surface area contributed by atoms with Crippen LogP contribution in [-0.2, 0) is 11.3 Å². The Morgan fingerprint density at radius 2 is 1.58 bits per heavy atom. The number of halogens is 1. The fraction of sp³-hybridized carbons (Fsp3) is 0.143. The lowest BCUT2D eigenvalue weighted by Gasteiger charge is -2.04. The first-order valence-electron chi connectivity index (χ1n) is 8.58. The van der Waals surface area contributed by atoms with Crippen LogP contribution in [0.2, 0.25) is 0 Å². The Labute approximate surface area is 159 Å². The molecule has 0 saturated carbocycles. The minimum Gasteiger partial charge on any atom is -0.371 e. The molecule has 5 heteroatoms. The van der Waals surface area contributed by atoms with Crippen molar-refractivity contribution in [1.82, 2.24) is 4.57 Å². The summed E-state index contributed by atoms with van der Waals surface area (Å²) in [5.41, 5.74) is 4.14. The van der Waals surface area contributed by atoms with Gasteiger partial charge in [-0.3, -0.25) is 0 Å². The van der Waals surface area contributed by atoms with Crippen LogP contribution in [0, 0.1) is 0 Å². The summed E-state index contributed by atoms with van der Waals surface area (Å²) in [6.45, 7) is 1.75. The topological polar surface area (TPSA) is 42.2 Å². The molecule has 0 aliphatic carbocycles. The Morgan fingerprint density at radius 3 is 2.38 bits per heavy atom. The molecule has 4 nitrogen and oxygen atoms in total. The maximum absolute atomic E-state index is 5.44. The van der Waals surface area contributed by atoms with E-state index in [0.29, 0.717) is 6.10 Å². The molecule has 0 amide bonds. The normalized spacial score (nSPS) is 16.7. The van der Waals surface area contributed by atoms with Gasteiger partial charge in [-0.25, -0.2) is 0 Å². The standard InChI is InChI=1S/C21H16BrN3O/c22-14-5-7-15(8-6-14)23-24-16-9-10-21-19(11-16)18-3-1-2-4-20(18)25(21)12-17-13-26-17/h1-11,17H,12-13H2. The molecule has 1 aliphatic rings. The van der Waals surface area contributed by atoms with Crippen molar-refractivity contribution < 1.29 is 4.74 Å². The molecule has 0 spiro atoms. The van der Waals surface area contributed by atoms with E-state index in [2.05, 4.69) is 67.1 Å². The Morgan fingerprint density at radius 1 is 0.885 bits per heavy atom. The van der Waals surface area contributed by atoms with Crippen molar-refractivity contribution in [1.29, 1.82) is 0 Å². The van der Waals surface area contributed by atoms with Gasteiger partial charge in [-0.05, 0) is 48.5 Å². The number of aromatic nitrogens is 1. The van der Waals surface area contributed by atoms with E-state index in [4.69, 9.17) is 4.74 Å². The number of fused-ring (bicyclic) bond motifs is 3. The van der Waals surface area contributed by atoms with Crippen LogP contribution in [0.15, 0.2) is 81.4 Å². The van der Waals surface area contributed by atoms with Crippen molar-refractivity contribution in [2.24, 2.45) is 10.2 Å². The van der Waals surface area contributed by atoms with Gasteiger partial charge in [-0.1, -0.05) is 34.1 Å². The SMILES string of the molecule is Brc1ccc(N=Nc2ccc3c(c2)c2ccccc2n3CC2CO2)cc1. The molecule has 2 heterocycles. The Balaban J connectivity index is 1.58. The number of ether oxygens (including phenoxy) is 1. The van der Waals surface area contributed by atoms with Crippen molar-refractivity contribution in [3.05, 3.63) is 71.2 Å². The summed E-state index contributed by atoms with van der Waals surface area (Å²) in [5, 5.41) is 11.2. The molecule has 3 aromatic carbocycles. The first-order valence-corrected chi connectivity index (χ1v) is 9.37. The van der Waals surface area contributed by atoms with Crippen LogP contribution in [0.5, 0.6) is 0 Å². The third kappa shape index (κ3) is 2.93. The molecule has 1 aromatic heterocycles. The lowest BCUT2D eigenvalue weighted by atomic mass is 10.1. The molecule has 128 valence electrons. The summed E-state index contributed by atoms with van der Waals surface area (Å²) in [7, 11) is 0. The summed E-state index contributed by atoms with van der Waals surface area (Å²) in [5.74, 6) is 0. The first kappa shape index (κ1) is 15.7. The van der Waals surface area contributed by atoms with Crippen LogP contribution >= 0.6 is 15.9 Å². The Hall–Kier alpha value is -2.50. The van der Waals surface area contributed by atoms with E-state index in [1.54, 1.807) is 0 Å². The van der Waals surface area contributed by atoms with E-state index in [-0.39, 0.29) is 0 Å². The van der Waals surface area contributed by atoms with E-state index in [0.717, 1.165) is 29.0 Å². The van der Waals surface area contributed by atoms with Crippen LogP contribution in [0.3, 0.4) is 0 Å². The van der Waals surface area contributed by atoms with Gasteiger partial charge in [-0.2, -0.15) is 10.2 Å². The van der Waals surface area contributed by atoms with Gasteiger partial charge in [0, 0.05) is 26.3 Å². The summed E-state index contributed by atoms with van der Waals surface area (Å²) >= 11 is 3.43. The molecule has 26 heavy (non-hydrogen) atoms. The molecule has 5 rings (SSSR count). The predicted octanol–water partition coefficient (Wildman–Crippen LogP) is 6.37. The highest BCUT2D eigenvalue weighted by atomic mass is 79.9. The van der Waals surface area contributed by atoms with Gasteiger partial charge < -0.3 is 9.30 Å². The number of rotatable bonds is 4. The van der Waals surface area contributed by atoms with Crippen LogP contribution in [-0.4, -0.2) is 17.3 Å².